The molecule has 1 saturated carbocycles. The van der Waals surface area contributed by atoms with Crippen molar-refractivity contribution in [2.75, 3.05) is 12.0 Å². The summed E-state index contributed by atoms with van der Waals surface area (Å²) in [6.07, 6.45) is 3.01. The first-order valence-corrected chi connectivity index (χ1v) is 15.8. The third-order valence-electron chi connectivity index (χ3n) is 10.4. The van der Waals surface area contributed by atoms with E-state index >= 15 is 4.79 Å². The Bertz CT molecular complexity index is 1910. The Morgan fingerprint density at radius 1 is 1.00 bits per heavy atom. The summed E-state index contributed by atoms with van der Waals surface area (Å²) in [6.45, 7) is 3.82. The van der Waals surface area contributed by atoms with Gasteiger partial charge in [-0.25, -0.2) is 9.69 Å². The van der Waals surface area contributed by atoms with Crippen LogP contribution in [-0.4, -0.2) is 46.8 Å². The number of hydrogen-bond donors (Lipinski definition) is 1. The molecule has 3 fully saturated rings. The Hall–Kier alpha value is -5.02. The summed E-state index contributed by atoms with van der Waals surface area (Å²) < 4.78 is 4.78. The number of halogens is 1. The third-order valence-corrected chi connectivity index (χ3v) is 10.6. The molecule has 4 aliphatic rings. The molecule has 3 aromatic carbocycles. The van der Waals surface area contributed by atoms with Gasteiger partial charge in [-0.05, 0) is 54.5 Å². The fraction of sp³-hybridized carbons (Fsp3) is 0.270. The Kier molecular flexibility index (Phi) is 7.39. The van der Waals surface area contributed by atoms with Gasteiger partial charge in [0.05, 0.1) is 36.0 Å². The predicted octanol–water partition coefficient (Wildman–Crippen LogP) is 5.70. The Morgan fingerprint density at radius 3 is 2.45 bits per heavy atom. The first-order chi connectivity index (χ1) is 22.7. The number of imide groups is 4. The molecule has 9 nitrogen and oxygen atoms in total. The van der Waals surface area contributed by atoms with Gasteiger partial charge in [-0.2, -0.15) is 4.90 Å². The summed E-state index contributed by atoms with van der Waals surface area (Å²) in [5.41, 5.74) is 1.02. The quantitative estimate of drug-likeness (QED) is 0.278. The van der Waals surface area contributed by atoms with Crippen LogP contribution in [0.5, 0.6) is 5.75 Å². The molecular formula is C37H31ClN2O7. The number of anilines is 1. The van der Waals surface area contributed by atoms with Crippen LogP contribution < -0.4 is 4.90 Å². The highest BCUT2D eigenvalue weighted by Gasteiger charge is 2.70. The number of benzene rings is 3. The van der Waals surface area contributed by atoms with Gasteiger partial charge < -0.3 is 9.84 Å². The number of carbonyl (C=O) groups is 5. The van der Waals surface area contributed by atoms with Crippen LogP contribution in [0.25, 0.3) is 0 Å². The van der Waals surface area contributed by atoms with Gasteiger partial charge in [-0.3, -0.25) is 19.2 Å². The van der Waals surface area contributed by atoms with Crippen LogP contribution in [0.4, 0.5) is 10.5 Å². The zero-order valence-electron chi connectivity index (χ0n) is 25.5. The van der Waals surface area contributed by atoms with Crippen LogP contribution in [0, 0.1) is 23.7 Å². The van der Waals surface area contributed by atoms with Gasteiger partial charge in [0, 0.05) is 16.5 Å². The molecule has 6 atom stereocenters. The molecule has 7 rings (SSSR count). The molecule has 238 valence electrons. The zero-order valence-corrected chi connectivity index (χ0v) is 26.2. The molecule has 0 radical (unpaired) electrons. The second-order valence-electron chi connectivity index (χ2n) is 12.4. The maximum atomic E-state index is 15.2. The van der Waals surface area contributed by atoms with E-state index in [1.54, 1.807) is 60.7 Å². The first kappa shape index (κ1) is 30.6. The van der Waals surface area contributed by atoms with Crippen LogP contribution in [0.1, 0.15) is 35.4 Å². The van der Waals surface area contributed by atoms with E-state index in [0.717, 1.165) is 7.11 Å². The molecule has 2 saturated heterocycles. The van der Waals surface area contributed by atoms with E-state index in [1.807, 2.05) is 24.3 Å². The number of aromatic hydroxyl groups is 1. The maximum Gasteiger partial charge on any atom is 0.423 e. The number of likely N-dealkylation sites (tertiary alicyclic amines) is 1. The van der Waals surface area contributed by atoms with Gasteiger partial charge in [0.1, 0.15) is 5.75 Å². The van der Waals surface area contributed by atoms with Crippen molar-refractivity contribution in [3.8, 4) is 5.75 Å². The highest BCUT2D eigenvalue weighted by atomic mass is 35.5. The molecule has 47 heavy (non-hydrogen) atoms. The van der Waals surface area contributed by atoms with Crippen molar-refractivity contribution in [2.24, 2.45) is 23.7 Å². The second kappa shape index (κ2) is 11.3. The van der Waals surface area contributed by atoms with Gasteiger partial charge >= 0.3 is 6.09 Å². The number of phenolic OH excluding ortho intramolecular Hbond substituents is 1. The molecule has 2 heterocycles. The number of phenols is 1. The summed E-state index contributed by atoms with van der Waals surface area (Å²) in [4.78, 5) is 71.6. The predicted molar refractivity (Wildman–Crippen MR) is 172 cm³/mol. The lowest BCUT2D eigenvalue weighted by Crippen LogP contribution is -2.53. The number of carbonyl (C=O) groups excluding carboxylic acids is 5. The Labute approximate surface area is 276 Å². The minimum Gasteiger partial charge on any atom is -0.507 e. The van der Waals surface area contributed by atoms with E-state index in [2.05, 4.69) is 6.58 Å². The first-order valence-electron chi connectivity index (χ1n) is 15.4. The molecule has 0 unspecified atom stereocenters. The summed E-state index contributed by atoms with van der Waals surface area (Å²) in [6, 6.07) is 20.9. The highest BCUT2D eigenvalue weighted by molar-refractivity contribution is 6.32. The van der Waals surface area contributed by atoms with E-state index in [0.29, 0.717) is 44.3 Å². The van der Waals surface area contributed by atoms with Crippen molar-refractivity contribution in [1.82, 2.24) is 4.90 Å². The molecule has 2 aliphatic heterocycles. The molecule has 5 amide bonds. The number of hydrogen-bond acceptors (Lipinski definition) is 7. The monoisotopic (exact) mass is 650 g/mol. The van der Waals surface area contributed by atoms with Gasteiger partial charge in [-0.15, -0.1) is 6.58 Å². The summed E-state index contributed by atoms with van der Waals surface area (Å²) in [7, 11) is 1.10. The highest BCUT2D eigenvalue weighted by Crippen LogP contribution is 2.65. The van der Waals surface area contributed by atoms with E-state index in [-0.39, 0.29) is 18.6 Å². The minimum atomic E-state index is -1.53. The van der Waals surface area contributed by atoms with E-state index < -0.39 is 64.7 Å². The number of rotatable bonds is 5. The molecule has 2 aliphatic carbocycles. The Morgan fingerprint density at radius 2 is 1.74 bits per heavy atom. The van der Waals surface area contributed by atoms with Crippen LogP contribution in [0.3, 0.4) is 0 Å². The standard InChI is InChI=1S/C37H31ClN2O7/c1-3-9-20-10-7-15-26(31(20)41)30-24-16-17-25-29(34(44)40(32(25)42)36(46)47-2)27(24)19-28-33(43)39(23-14-8-13-22(38)18-23)35(45)37(28,30)21-11-5-4-6-12-21/h3-8,10-16,18,25,27-30,41H,1,9,17,19H2,2H3/t25-,27+,28-,29-,30+,37+/m0/s1. The number of amides is 5. The van der Waals surface area contributed by atoms with Crippen LogP contribution >= 0.6 is 11.6 Å². The summed E-state index contributed by atoms with van der Waals surface area (Å²) in [5, 5.41) is 12.2. The van der Waals surface area contributed by atoms with Gasteiger partial charge in [0.15, 0.2) is 0 Å². The van der Waals surface area contributed by atoms with Crippen molar-refractivity contribution in [3.05, 3.63) is 119 Å². The number of allylic oxidation sites excluding steroid dienone is 3. The number of nitrogens with zero attached hydrogens (tertiary/aromatic N) is 2. The van der Waals surface area contributed by atoms with E-state index in [1.165, 1.54) is 4.90 Å². The lowest BCUT2D eigenvalue weighted by atomic mass is 9.49. The number of ether oxygens (including phenoxy) is 1. The van der Waals surface area contributed by atoms with Crippen LogP contribution in [0.15, 0.2) is 97.1 Å². The molecule has 0 bridgehead atoms. The SMILES string of the molecule is C=CCc1cccc([C@H]2C3=CC[C@@H]4C(=O)N(C(=O)OC)C(=O)[C@@H]4[C@@H]3C[C@H]3C(=O)N(c4cccc(Cl)c4)C(=O)[C@@]23c2ccccc2)c1O. The fourth-order valence-corrected chi connectivity index (χ4v) is 8.71. The second-order valence-corrected chi connectivity index (χ2v) is 12.9. The maximum absolute atomic E-state index is 15.2. The third kappa shape index (κ3) is 4.25. The molecule has 0 aromatic heterocycles. The zero-order chi connectivity index (χ0) is 33.2. The van der Waals surface area contributed by atoms with Crippen molar-refractivity contribution >= 4 is 47.0 Å². The fourth-order valence-electron chi connectivity index (χ4n) is 8.52. The average molecular weight is 651 g/mol. The molecular weight excluding hydrogens is 620 g/mol. The van der Waals surface area contributed by atoms with Gasteiger partial charge in [0.25, 0.3) is 0 Å². The van der Waals surface area contributed by atoms with Crippen LogP contribution in [-0.2, 0) is 35.8 Å². The molecule has 10 heteroatoms. The smallest absolute Gasteiger partial charge is 0.423 e. The van der Waals surface area contributed by atoms with E-state index in [4.69, 9.17) is 16.3 Å². The van der Waals surface area contributed by atoms with Gasteiger partial charge in [0.2, 0.25) is 23.6 Å². The summed E-state index contributed by atoms with van der Waals surface area (Å²) >= 11 is 6.35. The number of fused-ring (bicyclic) bond motifs is 4. The average Bonchev–Trinajstić information content (AvgIpc) is 3.46. The van der Waals surface area contributed by atoms with Crippen molar-refractivity contribution < 1.29 is 33.8 Å². The topological polar surface area (TPSA) is 121 Å². The largest absolute Gasteiger partial charge is 0.507 e. The normalized spacial score (nSPS) is 28.0. The minimum absolute atomic E-state index is 0.0402. The van der Waals surface area contributed by atoms with Crippen molar-refractivity contribution in [3.63, 3.8) is 0 Å². The lowest BCUT2D eigenvalue weighted by molar-refractivity contribution is -0.138. The number of para-hydroxylation sites is 1. The van der Waals surface area contributed by atoms with Gasteiger partial charge in [-0.1, -0.05) is 83.9 Å². The molecule has 3 aromatic rings. The van der Waals surface area contributed by atoms with Crippen molar-refractivity contribution in [2.45, 2.75) is 30.6 Å². The molecule has 0 spiro atoms. The lowest BCUT2D eigenvalue weighted by Gasteiger charge is -2.50. The number of methoxy groups -OCH3 is 1. The van der Waals surface area contributed by atoms with E-state index in [9.17, 15) is 24.3 Å². The molecule has 1 N–H and O–H groups in total. The summed E-state index contributed by atoms with van der Waals surface area (Å²) in [5.74, 6) is -6.73. The van der Waals surface area contributed by atoms with Crippen LogP contribution in [0.2, 0.25) is 5.02 Å². The van der Waals surface area contributed by atoms with Crippen molar-refractivity contribution in [1.29, 1.82) is 0 Å². The Balaban J connectivity index is 1.51.